The van der Waals surface area contributed by atoms with E-state index in [4.69, 9.17) is 10.5 Å². The SMILES string of the molecule is CSc1ccccc1Oc1ccc(C)cc1CC(C)N. The summed E-state index contributed by atoms with van der Waals surface area (Å²) < 4.78 is 6.11. The third-order valence-electron chi connectivity index (χ3n) is 3.05. The van der Waals surface area contributed by atoms with Crippen LogP contribution in [0.15, 0.2) is 47.4 Å². The van der Waals surface area contributed by atoms with E-state index in [2.05, 4.69) is 31.4 Å². The first kappa shape index (κ1) is 14.9. The summed E-state index contributed by atoms with van der Waals surface area (Å²) in [7, 11) is 0. The van der Waals surface area contributed by atoms with Gasteiger partial charge in [-0.2, -0.15) is 0 Å². The van der Waals surface area contributed by atoms with Crippen LogP contribution in [0.4, 0.5) is 0 Å². The average molecular weight is 287 g/mol. The monoisotopic (exact) mass is 287 g/mol. The molecule has 2 nitrogen and oxygen atoms in total. The molecule has 2 rings (SSSR count). The number of aryl methyl sites for hydroxylation is 1. The van der Waals surface area contributed by atoms with E-state index in [-0.39, 0.29) is 6.04 Å². The van der Waals surface area contributed by atoms with Gasteiger partial charge in [0.15, 0.2) is 0 Å². The molecule has 0 bridgehead atoms. The van der Waals surface area contributed by atoms with Crippen LogP contribution in [0.2, 0.25) is 0 Å². The van der Waals surface area contributed by atoms with Gasteiger partial charge in [0.2, 0.25) is 0 Å². The van der Waals surface area contributed by atoms with Crippen LogP contribution in [0.5, 0.6) is 11.5 Å². The highest BCUT2D eigenvalue weighted by atomic mass is 32.2. The minimum absolute atomic E-state index is 0.120. The molecular weight excluding hydrogens is 266 g/mol. The van der Waals surface area contributed by atoms with E-state index < -0.39 is 0 Å². The van der Waals surface area contributed by atoms with Gasteiger partial charge in [0, 0.05) is 10.9 Å². The van der Waals surface area contributed by atoms with Crippen LogP contribution in [0.3, 0.4) is 0 Å². The Labute approximate surface area is 125 Å². The molecule has 2 aromatic rings. The molecule has 0 saturated heterocycles. The normalized spacial score (nSPS) is 12.2. The predicted molar refractivity (Wildman–Crippen MR) is 86.8 cm³/mol. The third-order valence-corrected chi connectivity index (χ3v) is 3.82. The zero-order chi connectivity index (χ0) is 14.5. The number of thioether (sulfide) groups is 1. The maximum Gasteiger partial charge on any atom is 0.140 e. The number of ether oxygens (including phenoxy) is 1. The molecule has 0 amide bonds. The van der Waals surface area contributed by atoms with Gasteiger partial charge in [-0.15, -0.1) is 11.8 Å². The van der Waals surface area contributed by atoms with Crippen LogP contribution in [-0.2, 0) is 6.42 Å². The van der Waals surface area contributed by atoms with E-state index >= 15 is 0 Å². The van der Waals surface area contributed by atoms with Crippen molar-refractivity contribution in [1.82, 2.24) is 0 Å². The highest BCUT2D eigenvalue weighted by Crippen LogP contribution is 2.33. The van der Waals surface area contributed by atoms with E-state index in [9.17, 15) is 0 Å². The van der Waals surface area contributed by atoms with Crippen molar-refractivity contribution in [3.05, 3.63) is 53.6 Å². The summed E-state index contributed by atoms with van der Waals surface area (Å²) in [5.41, 5.74) is 8.32. The molecule has 0 aliphatic carbocycles. The Morgan fingerprint density at radius 1 is 1.15 bits per heavy atom. The average Bonchev–Trinajstić information content (AvgIpc) is 2.42. The molecule has 3 heteroatoms. The highest BCUT2D eigenvalue weighted by Gasteiger charge is 2.09. The van der Waals surface area contributed by atoms with Gasteiger partial charge in [0.1, 0.15) is 11.5 Å². The van der Waals surface area contributed by atoms with Crippen LogP contribution in [0.1, 0.15) is 18.1 Å². The topological polar surface area (TPSA) is 35.2 Å². The smallest absolute Gasteiger partial charge is 0.140 e. The first-order valence-corrected chi connectivity index (χ1v) is 7.98. The van der Waals surface area contributed by atoms with Crippen molar-refractivity contribution in [3.8, 4) is 11.5 Å². The lowest BCUT2D eigenvalue weighted by molar-refractivity contribution is 0.463. The second kappa shape index (κ2) is 6.82. The molecule has 0 aliphatic heterocycles. The minimum Gasteiger partial charge on any atom is -0.456 e. The Balaban J connectivity index is 2.33. The lowest BCUT2D eigenvalue weighted by Crippen LogP contribution is -2.18. The lowest BCUT2D eigenvalue weighted by Gasteiger charge is -2.15. The highest BCUT2D eigenvalue weighted by molar-refractivity contribution is 7.98. The van der Waals surface area contributed by atoms with Gasteiger partial charge in [-0.05, 0) is 50.3 Å². The van der Waals surface area contributed by atoms with Crippen molar-refractivity contribution in [2.24, 2.45) is 5.73 Å². The molecule has 0 radical (unpaired) electrons. The standard InChI is InChI=1S/C17H21NOS/c1-12-8-9-15(14(10-12)11-13(2)18)19-16-6-4-5-7-17(16)20-3/h4-10,13H,11,18H2,1-3H3. The Morgan fingerprint density at radius 3 is 2.60 bits per heavy atom. The fourth-order valence-corrected chi connectivity index (χ4v) is 2.66. The molecule has 106 valence electrons. The van der Waals surface area contributed by atoms with E-state index in [0.29, 0.717) is 0 Å². The molecular formula is C17H21NOS. The number of benzene rings is 2. The van der Waals surface area contributed by atoms with Crippen molar-refractivity contribution >= 4 is 11.8 Å². The van der Waals surface area contributed by atoms with E-state index in [0.717, 1.165) is 28.4 Å². The summed E-state index contributed by atoms with van der Waals surface area (Å²) >= 11 is 1.69. The zero-order valence-corrected chi connectivity index (χ0v) is 13.0. The van der Waals surface area contributed by atoms with Gasteiger partial charge in [-0.3, -0.25) is 0 Å². The summed E-state index contributed by atoms with van der Waals surface area (Å²) in [6, 6.07) is 14.5. The Morgan fingerprint density at radius 2 is 1.90 bits per heavy atom. The molecule has 0 aliphatic rings. The maximum absolute atomic E-state index is 6.11. The molecule has 1 atom stereocenters. The number of hydrogen-bond acceptors (Lipinski definition) is 3. The molecule has 2 aromatic carbocycles. The molecule has 0 aromatic heterocycles. The molecule has 20 heavy (non-hydrogen) atoms. The third kappa shape index (κ3) is 3.78. The van der Waals surface area contributed by atoms with Crippen LogP contribution < -0.4 is 10.5 Å². The summed E-state index contributed by atoms with van der Waals surface area (Å²) in [4.78, 5) is 1.14. The molecule has 1 unspecified atom stereocenters. The lowest BCUT2D eigenvalue weighted by atomic mass is 10.0. The van der Waals surface area contributed by atoms with Gasteiger partial charge in [-0.25, -0.2) is 0 Å². The van der Waals surface area contributed by atoms with Gasteiger partial charge in [-0.1, -0.05) is 29.8 Å². The molecule has 2 N–H and O–H groups in total. The summed E-state index contributed by atoms with van der Waals surface area (Å²) in [6.45, 7) is 4.10. The molecule has 0 fully saturated rings. The molecule has 0 heterocycles. The van der Waals surface area contributed by atoms with Crippen molar-refractivity contribution in [2.45, 2.75) is 31.2 Å². The zero-order valence-electron chi connectivity index (χ0n) is 12.2. The van der Waals surface area contributed by atoms with Gasteiger partial charge < -0.3 is 10.5 Å². The minimum atomic E-state index is 0.120. The Hall–Kier alpha value is -1.45. The van der Waals surface area contributed by atoms with Crippen molar-refractivity contribution in [1.29, 1.82) is 0 Å². The van der Waals surface area contributed by atoms with E-state index in [1.807, 2.05) is 31.2 Å². The first-order chi connectivity index (χ1) is 9.60. The quantitative estimate of drug-likeness (QED) is 0.828. The largest absolute Gasteiger partial charge is 0.456 e. The summed E-state index contributed by atoms with van der Waals surface area (Å²) in [6.07, 6.45) is 2.87. The maximum atomic E-state index is 6.11. The van der Waals surface area contributed by atoms with Crippen molar-refractivity contribution in [3.63, 3.8) is 0 Å². The molecule has 0 spiro atoms. The number of para-hydroxylation sites is 1. The van der Waals surface area contributed by atoms with Crippen LogP contribution >= 0.6 is 11.8 Å². The fraction of sp³-hybridized carbons (Fsp3) is 0.294. The number of hydrogen-bond donors (Lipinski definition) is 1. The molecule has 0 saturated carbocycles. The Kier molecular flexibility index (Phi) is 5.10. The summed E-state index contributed by atoms with van der Waals surface area (Å²) in [5.74, 6) is 1.80. The predicted octanol–water partition coefficient (Wildman–Crippen LogP) is 4.40. The van der Waals surface area contributed by atoms with Gasteiger partial charge >= 0.3 is 0 Å². The fourth-order valence-electron chi connectivity index (χ4n) is 2.14. The second-order valence-corrected chi connectivity index (χ2v) is 5.89. The second-order valence-electron chi connectivity index (χ2n) is 5.05. The van der Waals surface area contributed by atoms with Gasteiger partial charge in [0.25, 0.3) is 0 Å². The van der Waals surface area contributed by atoms with E-state index in [1.54, 1.807) is 11.8 Å². The first-order valence-electron chi connectivity index (χ1n) is 6.76. The van der Waals surface area contributed by atoms with Crippen LogP contribution in [-0.4, -0.2) is 12.3 Å². The van der Waals surface area contributed by atoms with Crippen molar-refractivity contribution in [2.75, 3.05) is 6.26 Å². The Bertz CT molecular complexity index is 581. The van der Waals surface area contributed by atoms with Crippen molar-refractivity contribution < 1.29 is 4.74 Å². The van der Waals surface area contributed by atoms with E-state index in [1.165, 1.54) is 5.56 Å². The van der Waals surface area contributed by atoms with Gasteiger partial charge in [0.05, 0.1) is 0 Å². The number of rotatable bonds is 5. The van der Waals surface area contributed by atoms with Crippen LogP contribution in [0, 0.1) is 6.92 Å². The van der Waals surface area contributed by atoms with Crippen LogP contribution in [0.25, 0.3) is 0 Å². The summed E-state index contributed by atoms with van der Waals surface area (Å²) in [5, 5.41) is 0. The number of nitrogens with two attached hydrogens (primary N) is 1.